The average Bonchev–Trinajstić information content (AvgIpc) is 2.13. The Bertz CT molecular complexity index is 512. The van der Waals surface area contributed by atoms with Crippen molar-refractivity contribution in [3.8, 4) is 5.88 Å². The van der Waals surface area contributed by atoms with Gasteiger partial charge in [-0.3, -0.25) is 14.6 Å². The summed E-state index contributed by atoms with van der Waals surface area (Å²) in [7, 11) is 0. The zero-order valence-electron chi connectivity index (χ0n) is 10.9. The van der Waals surface area contributed by atoms with Crippen LogP contribution in [0.2, 0.25) is 0 Å². The minimum absolute atomic E-state index is 0.0357. The summed E-state index contributed by atoms with van der Waals surface area (Å²) in [5, 5.41) is 21.7. The second kappa shape index (κ2) is 4.45. The van der Waals surface area contributed by atoms with Gasteiger partial charge in [-0.15, -0.1) is 0 Å². The fourth-order valence-electron chi connectivity index (χ4n) is 1.17. The Morgan fingerprint density at radius 2 is 1.83 bits per heavy atom. The van der Waals surface area contributed by atoms with Crippen molar-refractivity contribution in [2.75, 3.05) is 0 Å². The molecule has 0 aliphatic rings. The van der Waals surface area contributed by atoms with E-state index in [1.807, 2.05) is 0 Å². The maximum atomic E-state index is 11.9. The number of hydrogen-bond acceptors (Lipinski definition) is 4. The summed E-state index contributed by atoms with van der Waals surface area (Å²) in [6.07, 6.45) is 0. The zero-order chi connectivity index (χ0) is 14.1. The zero-order valence-corrected chi connectivity index (χ0v) is 10.9. The molecule has 6 nitrogen and oxygen atoms in total. The van der Waals surface area contributed by atoms with Gasteiger partial charge in [-0.2, -0.15) is 0 Å². The van der Waals surface area contributed by atoms with Crippen molar-refractivity contribution >= 4 is 5.91 Å². The molecule has 1 aromatic heterocycles. The van der Waals surface area contributed by atoms with E-state index < -0.39 is 22.6 Å². The number of pyridine rings is 1. The molecule has 0 radical (unpaired) electrons. The van der Waals surface area contributed by atoms with Crippen LogP contribution in [0, 0.1) is 0 Å². The molecule has 0 fully saturated rings. The van der Waals surface area contributed by atoms with Crippen LogP contribution in [0.15, 0.2) is 16.9 Å². The molecule has 0 atom stereocenters. The maximum absolute atomic E-state index is 11.9. The Labute approximate surface area is 105 Å². The van der Waals surface area contributed by atoms with Crippen LogP contribution in [0.5, 0.6) is 5.88 Å². The monoisotopic (exact) mass is 254 g/mol. The van der Waals surface area contributed by atoms with Gasteiger partial charge in [-0.25, -0.2) is 0 Å². The number of hydrogen-bond donors (Lipinski definition) is 4. The van der Waals surface area contributed by atoms with Gasteiger partial charge in [0.1, 0.15) is 0 Å². The fraction of sp³-hybridized carbons (Fsp3) is 0.500. The van der Waals surface area contributed by atoms with Crippen LogP contribution in [-0.4, -0.2) is 32.2 Å². The molecule has 6 heteroatoms. The van der Waals surface area contributed by atoms with E-state index in [0.29, 0.717) is 0 Å². The van der Waals surface area contributed by atoms with Crippen LogP contribution in [0.1, 0.15) is 38.1 Å². The first-order chi connectivity index (χ1) is 8.03. The molecular weight excluding hydrogens is 236 g/mol. The Morgan fingerprint density at radius 1 is 1.28 bits per heavy atom. The van der Waals surface area contributed by atoms with Crippen LogP contribution in [0.25, 0.3) is 0 Å². The lowest BCUT2D eigenvalue weighted by Crippen LogP contribution is -2.57. The van der Waals surface area contributed by atoms with Gasteiger partial charge in [0.25, 0.3) is 11.5 Å². The molecule has 1 aromatic rings. The number of carbonyl (C=O) groups excluding carboxylic acids is 1. The maximum Gasteiger partial charge on any atom is 0.252 e. The highest BCUT2D eigenvalue weighted by Gasteiger charge is 2.36. The topological polar surface area (TPSA) is 102 Å². The van der Waals surface area contributed by atoms with E-state index >= 15 is 0 Å². The molecule has 1 heterocycles. The minimum Gasteiger partial charge on any atom is -0.494 e. The van der Waals surface area contributed by atoms with E-state index in [0.717, 1.165) is 12.1 Å². The summed E-state index contributed by atoms with van der Waals surface area (Å²) in [4.78, 5) is 25.2. The fourth-order valence-corrected chi connectivity index (χ4v) is 1.17. The van der Waals surface area contributed by atoms with E-state index in [1.165, 1.54) is 0 Å². The van der Waals surface area contributed by atoms with E-state index in [2.05, 4.69) is 10.3 Å². The Kier molecular flexibility index (Phi) is 3.52. The van der Waals surface area contributed by atoms with Gasteiger partial charge < -0.3 is 15.5 Å². The second-order valence-electron chi connectivity index (χ2n) is 5.26. The number of aromatic amines is 1. The van der Waals surface area contributed by atoms with E-state index in [9.17, 15) is 19.8 Å². The number of rotatable bonds is 3. The van der Waals surface area contributed by atoms with Crippen molar-refractivity contribution in [3.63, 3.8) is 0 Å². The van der Waals surface area contributed by atoms with E-state index in [4.69, 9.17) is 0 Å². The molecule has 1 rings (SSSR count). The van der Waals surface area contributed by atoms with Gasteiger partial charge in [0.15, 0.2) is 5.88 Å². The Balaban J connectivity index is 3.00. The first-order valence-corrected chi connectivity index (χ1v) is 5.51. The molecule has 1 amide bonds. The minimum atomic E-state index is -1.13. The van der Waals surface area contributed by atoms with Gasteiger partial charge in [0, 0.05) is 12.1 Å². The molecule has 18 heavy (non-hydrogen) atoms. The normalized spacial score (nSPS) is 12.3. The van der Waals surface area contributed by atoms with Crippen LogP contribution in [0.4, 0.5) is 0 Å². The molecule has 100 valence electrons. The number of aromatic nitrogens is 1. The number of carbonyl (C=O) groups is 1. The summed E-state index contributed by atoms with van der Waals surface area (Å²) in [6, 6.07) is 2.23. The third-order valence-electron chi connectivity index (χ3n) is 3.05. The van der Waals surface area contributed by atoms with Gasteiger partial charge in [-0.05, 0) is 27.7 Å². The summed E-state index contributed by atoms with van der Waals surface area (Å²) in [5.74, 6) is -0.919. The molecule has 0 aromatic carbocycles. The van der Waals surface area contributed by atoms with Crippen LogP contribution in [0.3, 0.4) is 0 Å². The Morgan fingerprint density at radius 3 is 2.28 bits per heavy atom. The molecule has 0 aliphatic heterocycles. The molecule has 0 saturated carbocycles. The summed E-state index contributed by atoms with van der Waals surface area (Å²) >= 11 is 0. The quantitative estimate of drug-likeness (QED) is 0.625. The highest BCUT2D eigenvalue weighted by atomic mass is 16.3. The van der Waals surface area contributed by atoms with Crippen LogP contribution < -0.4 is 10.9 Å². The average molecular weight is 254 g/mol. The molecule has 0 aliphatic carbocycles. The van der Waals surface area contributed by atoms with Gasteiger partial charge in [0.2, 0.25) is 0 Å². The first-order valence-electron chi connectivity index (χ1n) is 5.51. The molecule has 0 bridgehead atoms. The van der Waals surface area contributed by atoms with E-state index in [-0.39, 0.29) is 11.4 Å². The lowest BCUT2D eigenvalue weighted by Gasteiger charge is -2.37. The second-order valence-corrected chi connectivity index (χ2v) is 5.26. The third kappa shape index (κ3) is 3.10. The van der Waals surface area contributed by atoms with Crippen LogP contribution >= 0.6 is 0 Å². The van der Waals surface area contributed by atoms with Gasteiger partial charge in [-0.1, -0.05) is 0 Å². The highest BCUT2D eigenvalue weighted by Crippen LogP contribution is 2.21. The summed E-state index contributed by atoms with van der Waals surface area (Å²) < 4.78 is 0. The van der Waals surface area contributed by atoms with Crippen molar-refractivity contribution in [1.29, 1.82) is 0 Å². The summed E-state index contributed by atoms with van der Waals surface area (Å²) in [5.41, 5.74) is -2.55. The molecule has 0 saturated heterocycles. The largest absolute Gasteiger partial charge is 0.494 e. The lowest BCUT2D eigenvalue weighted by molar-refractivity contribution is -0.00293. The smallest absolute Gasteiger partial charge is 0.252 e. The number of aromatic hydroxyl groups is 1. The van der Waals surface area contributed by atoms with Crippen molar-refractivity contribution in [2.45, 2.75) is 38.8 Å². The number of aliphatic hydroxyl groups is 1. The SMILES string of the molecule is CC(C)(O)C(C)(C)NC(=O)c1cc(O)[nH]c(=O)c1. The molecule has 0 spiro atoms. The molecule has 4 N–H and O–H groups in total. The van der Waals surface area contributed by atoms with Crippen molar-refractivity contribution in [3.05, 3.63) is 28.0 Å². The van der Waals surface area contributed by atoms with Crippen molar-refractivity contribution < 1.29 is 15.0 Å². The number of nitrogens with one attached hydrogen (secondary N) is 2. The predicted octanol–water partition coefficient (Wildman–Crippen LogP) is 0.360. The summed E-state index contributed by atoms with van der Waals surface area (Å²) in [6.45, 7) is 6.47. The van der Waals surface area contributed by atoms with Gasteiger partial charge >= 0.3 is 0 Å². The van der Waals surface area contributed by atoms with Crippen LogP contribution in [-0.2, 0) is 0 Å². The Hall–Kier alpha value is -1.82. The first kappa shape index (κ1) is 14.2. The van der Waals surface area contributed by atoms with Crippen molar-refractivity contribution in [1.82, 2.24) is 10.3 Å². The third-order valence-corrected chi connectivity index (χ3v) is 3.05. The van der Waals surface area contributed by atoms with Crippen molar-refractivity contribution in [2.24, 2.45) is 0 Å². The number of amides is 1. The van der Waals surface area contributed by atoms with E-state index in [1.54, 1.807) is 27.7 Å². The predicted molar refractivity (Wildman–Crippen MR) is 66.6 cm³/mol. The lowest BCUT2D eigenvalue weighted by atomic mass is 9.86. The van der Waals surface area contributed by atoms with Gasteiger partial charge in [0.05, 0.1) is 16.7 Å². The molecule has 0 unspecified atom stereocenters. The highest BCUT2D eigenvalue weighted by molar-refractivity contribution is 5.94. The molecular formula is C12H18N2O4. The number of H-pyrrole nitrogens is 1. The standard InChI is InChI=1S/C12H18N2O4/c1-11(2,12(3,4)18)14-10(17)7-5-8(15)13-9(16)6-7/h5-6,18H,1-4H3,(H,14,17)(H2,13,15,16).